The molecule has 5 heteroatoms. The van der Waals surface area contributed by atoms with Gasteiger partial charge < -0.3 is 0 Å². The quantitative estimate of drug-likeness (QED) is 0.532. The molecule has 0 saturated heterocycles. The lowest BCUT2D eigenvalue weighted by atomic mass is 9.97. The topological polar surface area (TPSA) is 69.1 Å². The van der Waals surface area contributed by atoms with Gasteiger partial charge in [-0.1, -0.05) is 42.5 Å². The van der Waals surface area contributed by atoms with E-state index in [-0.39, 0.29) is 11.1 Å². The molecule has 4 nitrogen and oxygen atoms in total. The van der Waals surface area contributed by atoms with E-state index in [1.165, 1.54) is 15.7 Å². The average Bonchev–Trinajstić information content (AvgIpc) is 3.02. The molecule has 112 valence electrons. The van der Waals surface area contributed by atoms with Crippen molar-refractivity contribution in [2.24, 2.45) is 0 Å². The molecule has 0 spiro atoms. The number of pyridine rings is 1. The highest BCUT2D eigenvalue weighted by Crippen LogP contribution is 2.34. The zero-order valence-corrected chi connectivity index (χ0v) is 13.2. The zero-order chi connectivity index (χ0) is 16.7. The van der Waals surface area contributed by atoms with E-state index >= 15 is 0 Å². The first-order valence-corrected chi connectivity index (χ1v) is 8.03. The fourth-order valence-corrected chi connectivity index (χ4v) is 4.04. The molecule has 0 N–H and O–H groups in total. The van der Waals surface area contributed by atoms with Gasteiger partial charge in [0.1, 0.15) is 22.5 Å². The van der Waals surface area contributed by atoms with Crippen LogP contribution in [0.1, 0.15) is 11.1 Å². The highest BCUT2D eigenvalue weighted by molar-refractivity contribution is 7.24. The molecule has 0 saturated carbocycles. The Labute approximate surface area is 141 Å². The van der Waals surface area contributed by atoms with Crippen LogP contribution in [0.3, 0.4) is 0 Å². The van der Waals surface area contributed by atoms with E-state index in [1.807, 2.05) is 48.5 Å². The van der Waals surface area contributed by atoms with Gasteiger partial charge in [0.05, 0.1) is 15.8 Å². The van der Waals surface area contributed by atoms with Crippen molar-refractivity contribution >= 4 is 26.4 Å². The van der Waals surface area contributed by atoms with Crippen molar-refractivity contribution in [3.05, 3.63) is 76.1 Å². The van der Waals surface area contributed by atoms with Gasteiger partial charge in [-0.05, 0) is 17.7 Å². The summed E-state index contributed by atoms with van der Waals surface area (Å²) in [5, 5.41) is 19.3. The molecule has 2 aromatic heterocycles. The van der Waals surface area contributed by atoms with E-state index < -0.39 is 0 Å². The maximum Gasteiger partial charge on any atom is 0.274 e. The van der Waals surface area contributed by atoms with Crippen molar-refractivity contribution in [1.82, 2.24) is 4.40 Å². The molecule has 0 aliphatic carbocycles. The predicted octanol–water partition coefficient (Wildman–Crippen LogP) is 3.92. The molecule has 2 heterocycles. The smallest absolute Gasteiger partial charge is 0.267 e. The molecule has 0 radical (unpaired) electrons. The van der Waals surface area contributed by atoms with Crippen LogP contribution in [0.2, 0.25) is 0 Å². The largest absolute Gasteiger partial charge is 0.274 e. The summed E-state index contributed by atoms with van der Waals surface area (Å²) in [5.74, 6) is 0. The molecule has 0 unspecified atom stereocenters. The third-order valence-electron chi connectivity index (χ3n) is 3.93. The first-order valence-electron chi connectivity index (χ1n) is 7.22. The summed E-state index contributed by atoms with van der Waals surface area (Å²) in [4.78, 5) is 13.5. The maximum atomic E-state index is 12.9. The van der Waals surface area contributed by atoms with E-state index in [0.29, 0.717) is 21.5 Å². The maximum absolute atomic E-state index is 12.9. The molecule has 0 atom stereocenters. The third-order valence-corrected chi connectivity index (χ3v) is 5.08. The number of rotatable bonds is 1. The lowest BCUT2D eigenvalue weighted by molar-refractivity contribution is 1.15. The SMILES string of the molecule is N#Cc1c(-c2ccccc2)c(C#N)c2sc3ccccc3n2c1=O. The number of para-hydroxylation sites is 1. The minimum absolute atomic E-state index is 0.00111. The summed E-state index contributed by atoms with van der Waals surface area (Å²) in [7, 11) is 0. The fourth-order valence-electron chi connectivity index (χ4n) is 2.90. The normalized spacial score (nSPS) is 10.6. The lowest BCUT2D eigenvalue weighted by Crippen LogP contribution is -2.18. The minimum atomic E-state index is -0.386. The van der Waals surface area contributed by atoms with Gasteiger partial charge in [0.15, 0.2) is 0 Å². The van der Waals surface area contributed by atoms with Crippen LogP contribution in [0.4, 0.5) is 0 Å². The van der Waals surface area contributed by atoms with Crippen LogP contribution >= 0.6 is 11.3 Å². The van der Waals surface area contributed by atoms with Gasteiger partial charge in [0.2, 0.25) is 0 Å². The van der Waals surface area contributed by atoms with Gasteiger partial charge in [-0.15, -0.1) is 11.3 Å². The first kappa shape index (κ1) is 14.2. The van der Waals surface area contributed by atoms with Crippen LogP contribution in [-0.2, 0) is 0 Å². The van der Waals surface area contributed by atoms with Gasteiger partial charge in [-0.3, -0.25) is 9.20 Å². The van der Waals surface area contributed by atoms with Crippen molar-refractivity contribution in [3.8, 4) is 23.3 Å². The fraction of sp³-hybridized carbons (Fsp3) is 0. The van der Waals surface area contributed by atoms with E-state index in [9.17, 15) is 15.3 Å². The van der Waals surface area contributed by atoms with Crippen molar-refractivity contribution < 1.29 is 0 Å². The molecule has 0 fully saturated rings. The molecule has 24 heavy (non-hydrogen) atoms. The Kier molecular flexibility index (Phi) is 3.16. The van der Waals surface area contributed by atoms with Gasteiger partial charge in [-0.25, -0.2) is 0 Å². The summed E-state index contributed by atoms with van der Waals surface area (Å²) < 4.78 is 2.38. The molecule has 0 bridgehead atoms. The molecule has 0 aliphatic rings. The summed E-state index contributed by atoms with van der Waals surface area (Å²) >= 11 is 1.39. The number of hydrogen-bond acceptors (Lipinski definition) is 4. The van der Waals surface area contributed by atoms with E-state index in [4.69, 9.17) is 0 Å². The summed E-state index contributed by atoms with van der Waals surface area (Å²) in [6.45, 7) is 0. The summed E-state index contributed by atoms with van der Waals surface area (Å²) in [6.07, 6.45) is 0. The zero-order valence-electron chi connectivity index (χ0n) is 12.4. The number of fused-ring (bicyclic) bond motifs is 3. The molecule has 4 rings (SSSR count). The Hall–Kier alpha value is -3.41. The molecule has 2 aromatic carbocycles. The molecule has 0 amide bonds. The molecular formula is C19H9N3OS. The highest BCUT2D eigenvalue weighted by Gasteiger charge is 2.22. The Balaban J connectivity index is 2.31. The highest BCUT2D eigenvalue weighted by atomic mass is 32.1. The van der Waals surface area contributed by atoms with Gasteiger partial charge in [0, 0.05) is 5.56 Å². The molecule has 0 aliphatic heterocycles. The Bertz CT molecular complexity index is 1240. The van der Waals surface area contributed by atoms with Crippen LogP contribution in [0.25, 0.3) is 26.2 Å². The van der Waals surface area contributed by atoms with E-state index in [0.717, 1.165) is 10.2 Å². The average molecular weight is 327 g/mol. The lowest BCUT2D eigenvalue weighted by Gasteiger charge is -2.08. The first-order chi connectivity index (χ1) is 11.8. The number of thiazole rings is 1. The Morgan fingerprint density at radius 3 is 2.25 bits per heavy atom. The van der Waals surface area contributed by atoms with Crippen LogP contribution in [0.5, 0.6) is 0 Å². The number of nitriles is 2. The Morgan fingerprint density at radius 2 is 1.54 bits per heavy atom. The van der Waals surface area contributed by atoms with Crippen molar-refractivity contribution in [3.63, 3.8) is 0 Å². The standard InChI is InChI=1S/C19H9N3OS/c20-10-13-17(12-6-2-1-3-7-12)14(11-21)19-22(18(13)23)15-8-4-5-9-16(15)24-19/h1-9H. The van der Waals surface area contributed by atoms with Crippen LogP contribution in [0, 0.1) is 22.7 Å². The van der Waals surface area contributed by atoms with Gasteiger partial charge in [0.25, 0.3) is 5.56 Å². The van der Waals surface area contributed by atoms with Crippen LogP contribution < -0.4 is 5.56 Å². The number of aromatic nitrogens is 1. The van der Waals surface area contributed by atoms with Crippen LogP contribution in [-0.4, -0.2) is 4.40 Å². The summed E-state index contributed by atoms with van der Waals surface area (Å²) in [6, 6.07) is 20.8. The molecule has 4 aromatic rings. The van der Waals surface area contributed by atoms with Gasteiger partial charge in [-0.2, -0.15) is 10.5 Å². The predicted molar refractivity (Wildman–Crippen MR) is 93.9 cm³/mol. The number of hydrogen-bond donors (Lipinski definition) is 0. The molecular weight excluding hydrogens is 318 g/mol. The van der Waals surface area contributed by atoms with E-state index in [2.05, 4.69) is 6.07 Å². The van der Waals surface area contributed by atoms with Crippen molar-refractivity contribution in [2.75, 3.05) is 0 Å². The second kappa shape index (κ2) is 5.34. The van der Waals surface area contributed by atoms with Gasteiger partial charge >= 0.3 is 0 Å². The number of nitrogens with zero attached hydrogens (tertiary/aromatic N) is 3. The van der Waals surface area contributed by atoms with E-state index in [1.54, 1.807) is 12.1 Å². The monoisotopic (exact) mass is 327 g/mol. The second-order valence-corrected chi connectivity index (χ2v) is 6.26. The van der Waals surface area contributed by atoms with Crippen molar-refractivity contribution in [1.29, 1.82) is 10.5 Å². The Morgan fingerprint density at radius 1 is 0.875 bits per heavy atom. The van der Waals surface area contributed by atoms with Crippen LogP contribution in [0.15, 0.2) is 59.4 Å². The number of benzene rings is 2. The third kappa shape index (κ3) is 1.86. The minimum Gasteiger partial charge on any atom is -0.267 e. The second-order valence-electron chi connectivity index (χ2n) is 5.23. The summed E-state index contributed by atoms with van der Waals surface area (Å²) in [5.41, 5.74) is 1.80. The van der Waals surface area contributed by atoms with Crippen molar-refractivity contribution in [2.45, 2.75) is 0 Å².